The molecule has 0 aliphatic carbocycles. The van der Waals surface area contributed by atoms with E-state index in [-0.39, 0.29) is 11.4 Å². The minimum absolute atomic E-state index is 0.000605. The average molecular weight is 255 g/mol. The lowest BCUT2D eigenvalue weighted by atomic mass is 10.2. The minimum Gasteiger partial charge on any atom is -0.450 e. The fourth-order valence-corrected chi connectivity index (χ4v) is 1.81. The molecule has 94 valence electrons. The monoisotopic (exact) mass is 255 g/mol. The lowest BCUT2D eigenvalue weighted by molar-refractivity contribution is 0.446. The highest BCUT2D eigenvalue weighted by Crippen LogP contribution is 2.33. The van der Waals surface area contributed by atoms with Crippen molar-refractivity contribution in [3.63, 3.8) is 0 Å². The van der Waals surface area contributed by atoms with Crippen LogP contribution < -0.4 is 10.5 Å². The van der Waals surface area contributed by atoms with E-state index in [9.17, 15) is 4.39 Å². The first-order valence-electron chi connectivity index (χ1n) is 5.68. The summed E-state index contributed by atoms with van der Waals surface area (Å²) in [4.78, 5) is 0. The smallest absolute Gasteiger partial charge is 0.185 e. The lowest BCUT2D eigenvalue weighted by Crippen LogP contribution is -1.96. The van der Waals surface area contributed by atoms with E-state index in [1.807, 2.05) is 18.2 Å². The molecule has 0 atom stereocenters. The third kappa shape index (κ3) is 2.06. The van der Waals surface area contributed by atoms with Gasteiger partial charge in [-0.15, -0.1) is 0 Å². The molecule has 0 radical (unpaired) electrons. The summed E-state index contributed by atoms with van der Waals surface area (Å²) in [6.45, 7) is 0. The number of nitrogens with two attached hydrogens (primary N) is 1. The van der Waals surface area contributed by atoms with Gasteiger partial charge in [0.2, 0.25) is 0 Å². The zero-order valence-corrected chi connectivity index (χ0v) is 9.88. The fraction of sp³-hybridized carbons (Fsp3) is 0. The van der Waals surface area contributed by atoms with Gasteiger partial charge in [-0.05, 0) is 24.3 Å². The van der Waals surface area contributed by atoms with E-state index >= 15 is 0 Å². The Morgan fingerprint density at radius 1 is 1.05 bits per heavy atom. The zero-order valence-electron chi connectivity index (χ0n) is 9.88. The normalized spacial score (nSPS) is 10.6. The standard InChI is InChI=1S/C14H10FN3O/c15-10-5-3-6-11(16)14(10)19-13-8-17-18-12-7-2-1-4-9(12)13/h1-8H,16H2. The van der Waals surface area contributed by atoms with Gasteiger partial charge in [-0.2, -0.15) is 10.2 Å². The van der Waals surface area contributed by atoms with E-state index in [1.54, 1.807) is 12.1 Å². The number of nitrogen functional groups attached to an aromatic ring is 1. The summed E-state index contributed by atoms with van der Waals surface area (Å²) in [5.74, 6) is -0.0936. The van der Waals surface area contributed by atoms with Gasteiger partial charge in [0.15, 0.2) is 17.3 Å². The number of fused-ring (bicyclic) bond motifs is 1. The number of para-hydroxylation sites is 1. The highest BCUT2D eigenvalue weighted by Gasteiger charge is 2.11. The molecule has 0 aliphatic rings. The van der Waals surface area contributed by atoms with Crippen LogP contribution in [0.5, 0.6) is 11.5 Å². The Hall–Kier alpha value is -2.69. The van der Waals surface area contributed by atoms with Gasteiger partial charge in [-0.3, -0.25) is 0 Å². The summed E-state index contributed by atoms with van der Waals surface area (Å²) in [6, 6.07) is 11.7. The highest BCUT2D eigenvalue weighted by atomic mass is 19.1. The summed E-state index contributed by atoms with van der Waals surface area (Å²) < 4.78 is 19.2. The molecule has 1 heterocycles. The molecular formula is C14H10FN3O. The molecule has 2 N–H and O–H groups in total. The largest absolute Gasteiger partial charge is 0.450 e. The quantitative estimate of drug-likeness (QED) is 0.714. The molecule has 1 aromatic heterocycles. The number of hydrogen-bond donors (Lipinski definition) is 1. The molecule has 0 spiro atoms. The number of rotatable bonds is 2. The maximum Gasteiger partial charge on any atom is 0.185 e. The van der Waals surface area contributed by atoms with Crippen LogP contribution in [0.2, 0.25) is 0 Å². The van der Waals surface area contributed by atoms with Crippen LogP contribution in [-0.4, -0.2) is 10.2 Å². The molecule has 3 rings (SSSR count). The number of nitrogens with zero attached hydrogens (tertiary/aromatic N) is 2. The Balaban J connectivity index is 2.11. The van der Waals surface area contributed by atoms with Crippen LogP contribution in [0, 0.1) is 5.82 Å². The molecule has 19 heavy (non-hydrogen) atoms. The van der Waals surface area contributed by atoms with Gasteiger partial charge in [0, 0.05) is 5.39 Å². The summed E-state index contributed by atoms with van der Waals surface area (Å²) in [5, 5.41) is 8.55. The van der Waals surface area contributed by atoms with Crippen LogP contribution in [-0.2, 0) is 0 Å². The number of aromatic nitrogens is 2. The molecule has 0 amide bonds. The molecule has 0 aliphatic heterocycles. The SMILES string of the molecule is Nc1cccc(F)c1Oc1cnnc2ccccc12. The van der Waals surface area contributed by atoms with Gasteiger partial charge >= 0.3 is 0 Å². The van der Waals surface area contributed by atoms with Crippen LogP contribution in [0.3, 0.4) is 0 Å². The fourth-order valence-electron chi connectivity index (χ4n) is 1.81. The molecule has 0 bridgehead atoms. The molecule has 2 aromatic carbocycles. The van der Waals surface area contributed by atoms with Crippen LogP contribution in [0.4, 0.5) is 10.1 Å². The van der Waals surface area contributed by atoms with Gasteiger partial charge in [-0.25, -0.2) is 4.39 Å². The third-order valence-corrected chi connectivity index (χ3v) is 2.72. The predicted octanol–water partition coefficient (Wildman–Crippen LogP) is 3.14. The molecule has 4 nitrogen and oxygen atoms in total. The predicted molar refractivity (Wildman–Crippen MR) is 70.4 cm³/mol. The van der Waals surface area contributed by atoms with Crippen molar-refractivity contribution in [2.75, 3.05) is 5.73 Å². The maximum absolute atomic E-state index is 13.7. The van der Waals surface area contributed by atoms with E-state index in [0.29, 0.717) is 11.3 Å². The van der Waals surface area contributed by atoms with E-state index in [1.165, 1.54) is 18.3 Å². The Bertz CT molecular complexity index is 720. The minimum atomic E-state index is -0.513. The summed E-state index contributed by atoms with van der Waals surface area (Å²) in [7, 11) is 0. The van der Waals surface area contributed by atoms with Gasteiger partial charge in [0.25, 0.3) is 0 Å². The second-order valence-electron chi connectivity index (χ2n) is 3.99. The zero-order chi connectivity index (χ0) is 13.2. The van der Waals surface area contributed by atoms with Gasteiger partial charge < -0.3 is 10.5 Å². The van der Waals surface area contributed by atoms with Crippen LogP contribution in [0.1, 0.15) is 0 Å². The Morgan fingerprint density at radius 2 is 1.89 bits per heavy atom. The number of benzene rings is 2. The van der Waals surface area contributed by atoms with Crippen LogP contribution in [0.25, 0.3) is 10.9 Å². The van der Waals surface area contributed by atoms with Gasteiger partial charge in [-0.1, -0.05) is 18.2 Å². The highest BCUT2D eigenvalue weighted by molar-refractivity contribution is 5.84. The second kappa shape index (κ2) is 4.53. The van der Waals surface area contributed by atoms with Crippen LogP contribution in [0.15, 0.2) is 48.7 Å². The first-order valence-corrected chi connectivity index (χ1v) is 5.68. The van der Waals surface area contributed by atoms with Crippen molar-refractivity contribution in [3.05, 3.63) is 54.5 Å². The van der Waals surface area contributed by atoms with Crippen molar-refractivity contribution in [3.8, 4) is 11.5 Å². The first kappa shape index (κ1) is 11.4. The van der Waals surface area contributed by atoms with Crippen molar-refractivity contribution in [1.29, 1.82) is 0 Å². The van der Waals surface area contributed by atoms with E-state index in [4.69, 9.17) is 10.5 Å². The number of hydrogen-bond acceptors (Lipinski definition) is 4. The topological polar surface area (TPSA) is 61.0 Å². The Labute approximate surface area is 108 Å². The summed E-state index contributed by atoms with van der Waals surface area (Å²) in [5.41, 5.74) is 6.63. The average Bonchev–Trinajstić information content (AvgIpc) is 2.43. The van der Waals surface area contributed by atoms with Gasteiger partial charge in [0.1, 0.15) is 0 Å². The van der Waals surface area contributed by atoms with Crippen molar-refractivity contribution in [1.82, 2.24) is 10.2 Å². The third-order valence-electron chi connectivity index (χ3n) is 2.72. The van der Waals surface area contributed by atoms with Crippen molar-refractivity contribution >= 4 is 16.6 Å². The Morgan fingerprint density at radius 3 is 2.74 bits per heavy atom. The molecule has 3 aromatic rings. The van der Waals surface area contributed by atoms with Crippen LogP contribution >= 0.6 is 0 Å². The number of anilines is 1. The molecular weight excluding hydrogens is 245 g/mol. The molecule has 0 unspecified atom stereocenters. The van der Waals surface area contributed by atoms with Crippen molar-refractivity contribution < 1.29 is 9.13 Å². The van der Waals surface area contributed by atoms with Crippen molar-refractivity contribution in [2.45, 2.75) is 0 Å². The van der Waals surface area contributed by atoms with Crippen molar-refractivity contribution in [2.24, 2.45) is 0 Å². The number of ether oxygens (including phenoxy) is 1. The van der Waals surface area contributed by atoms with E-state index in [2.05, 4.69) is 10.2 Å². The summed E-state index contributed by atoms with van der Waals surface area (Å²) >= 11 is 0. The van der Waals surface area contributed by atoms with E-state index in [0.717, 1.165) is 5.39 Å². The van der Waals surface area contributed by atoms with Gasteiger partial charge in [0.05, 0.1) is 17.4 Å². The molecule has 0 saturated carbocycles. The van der Waals surface area contributed by atoms with E-state index < -0.39 is 5.82 Å². The summed E-state index contributed by atoms with van der Waals surface area (Å²) in [6.07, 6.45) is 1.44. The number of halogens is 1. The second-order valence-corrected chi connectivity index (χ2v) is 3.99. The molecule has 5 heteroatoms. The molecule has 0 fully saturated rings. The lowest BCUT2D eigenvalue weighted by Gasteiger charge is -2.10. The maximum atomic E-state index is 13.7. The Kier molecular flexibility index (Phi) is 2.72. The first-order chi connectivity index (χ1) is 9.25. The molecule has 0 saturated heterocycles.